The van der Waals surface area contributed by atoms with E-state index in [0.29, 0.717) is 18.6 Å². The van der Waals surface area contributed by atoms with Gasteiger partial charge in [0.2, 0.25) is 0 Å². The van der Waals surface area contributed by atoms with Gasteiger partial charge in [-0.05, 0) is 12.5 Å². The molecule has 1 atom stereocenters. The number of nitrogens with one attached hydrogen (secondary N) is 1. The highest BCUT2D eigenvalue weighted by Gasteiger charge is 2.35. The van der Waals surface area contributed by atoms with Crippen molar-refractivity contribution in [1.82, 2.24) is 0 Å². The van der Waals surface area contributed by atoms with Crippen LogP contribution < -0.4 is 0 Å². The van der Waals surface area contributed by atoms with Crippen LogP contribution in [0, 0.1) is 10.8 Å². The van der Waals surface area contributed by atoms with Gasteiger partial charge in [0.05, 0.1) is 19.1 Å². The molecular formula is C15H21NO3. The zero-order valence-electron chi connectivity index (χ0n) is 11.7. The number of carbonyl (C=O) groups excluding carboxylic acids is 1. The molecule has 0 aromatic heterocycles. The molecule has 0 bridgehead atoms. The standard InChI is InChI=1S/C15H21NO3/c1-15(11-18-2,14(17)19-3)10-13(16)9-12-7-5-4-6-8-12/h4-8,16H,9-11H2,1-3H3. The van der Waals surface area contributed by atoms with E-state index in [1.54, 1.807) is 14.0 Å². The minimum Gasteiger partial charge on any atom is -0.469 e. The average molecular weight is 263 g/mol. The number of methoxy groups -OCH3 is 2. The van der Waals surface area contributed by atoms with Crippen LogP contribution in [0.25, 0.3) is 0 Å². The molecule has 0 saturated carbocycles. The van der Waals surface area contributed by atoms with E-state index >= 15 is 0 Å². The van der Waals surface area contributed by atoms with Crippen molar-refractivity contribution in [2.45, 2.75) is 19.8 Å². The Kier molecular flexibility index (Phi) is 5.70. The van der Waals surface area contributed by atoms with Crippen LogP contribution in [0.5, 0.6) is 0 Å². The molecule has 0 saturated heterocycles. The first kappa shape index (κ1) is 15.4. The first-order valence-electron chi connectivity index (χ1n) is 6.19. The van der Waals surface area contributed by atoms with Crippen LogP contribution in [-0.4, -0.2) is 32.5 Å². The second kappa shape index (κ2) is 7.04. The van der Waals surface area contributed by atoms with Crippen molar-refractivity contribution in [3.63, 3.8) is 0 Å². The molecule has 104 valence electrons. The summed E-state index contributed by atoms with van der Waals surface area (Å²) in [5.41, 5.74) is 0.767. The fourth-order valence-electron chi connectivity index (χ4n) is 2.12. The minimum atomic E-state index is -0.796. The average Bonchev–Trinajstić information content (AvgIpc) is 2.38. The highest BCUT2D eigenvalue weighted by Crippen LogP contribution is 2.25. The summed E-state index contributed by atoms with van der Waals surface area (Å²) in [5, 5.41) is 8.07. The van der Waals surface area contributed by atoms with E-state index in [1.165, 1.54) is 7.11 Å². The predicted octanol–water partition coefficient (Wildman–Crippen LogP) is 2.46. The van der Waals surface area contributed by atoms with Crippen molar-refractivity contribution in [3.05, 3.63) is 35.9 Å². The third kappa shape index (κ3) is 4.48. The maximum absolute atomic E-state index is 11.8. The predicted molar refractivity (Wildman–Crippen MR) is 74.5 cm³/mol. The lowest BCUT2D eigenvalue weighted by molar-refractivity contribution is -0.154. The van der Waals surface area contributed by atoms with Crippen molar-refractivity contribution < 1.29 is 14.3 Å². The molecule has 0 aliphatic rings. The molecule has 0 aliphatic carbocycles. The van der Waals surface area contributed by atoms with E-state index in [1.807, 2.05) is 30.3 Å². The lowest BCUT2D eigenvalue weighted by Crippen LogP contribution is -2.36. The molecule has 1 N–H and O–H groups in total. The topological polar surface area (TPSA) is 59.4 Å². The molecule has 0 fully saturated rings. The van der Waals surface area contributed by atoms with Gasteiger partial charge in [-0.15, -0.1) is 0 Å². The lowest BCUT2D eigenvalue weighted by atomic mass is 9.84. The smallest absolute Gasteiger partial charge is 0.314 e. The van der Waals surface area contributed by atoms with E-state index in [4.69, 9.17) is 14.9 Å². The third-order valence-electron chi connectivity index (χ3n) is 3.00. The largest absolute Gasteiger partial charge is 0.469 e. The first-order chi connectivity index (χ1) is 9.01. The van der Waals surface area contributed by atoms with Gasteiger partial charge >= 0.3 is 5.97 Å². The Morgan fingerprint density at radius 1 is 1.26 bits per heavy atom. The van der Waals surface area contributed by atoms with Gasteiger partial charge in [0.25, 0.3) is 0 Å². The van der Waals surface area contributed by atoms with Gasteiger partial charge in [0, 0.05) is 25.7 Å². The number of hydrogen-bond acceptors (Lipinski definition) is 4. The summed E-state index contributed by atoms with van der Waals surface area (Å²) >= 11 is 0. The SMILES string of the molecule is COCC(C)(CC(=N)Cc1ccccc1)C(=O)OC. The van der Waals surface area contributed by atoms with Gasteiger partial charge in [-0.2, -0.15) is 0 Å². The number of rotatable bonds is 7. The normalized spacial score (nSPS) is 13.6. The number of carbonyl (C=O) groups is 1. The third-order valence-corrected chi connectivity index (χ3v) is 3.00. The van der Waals surface area contributed by atoms with E-state index in [9.17, 15) is 4.79 Å². The first-order valence-corrected chi connectivity index (χ1v) is 6.19. The van der Waals surface area contributed by atoms with Gasteiger partial charge in [0.15, 0.2) is 0 Å². The van der Waals surface area contributed by atoms with Crippen LogP contribution in [0.4, 0.5) is 0 Å². The van der Waals surface area contributed by atoms with Crippen LogP contribution in [-0.2, 0) is 20.7 Å². The maximum Gasteiger partial charge on any atom is 0.314 e. The van der Waals surface area contributed by atoms with Crippen LogP contribution in [0.1, 0.15) is 18.9 Å². The molecule has 19 heavy (non-hydrogen) atoms. The number of ether oxygens (including phenoxy) is 2. The number of hydrogen-bond donors (Lipinski definition) is 1. The molecule has 4 nitrogen and oxygen atoms in total. The van der Waals surface area contributed by atoms with Crippen molar-refractivity contribution >= 4 is 11.7 Å². The highest BCUT2D eigenvalue weighted by molar-refractivity contribution is 5.89. The van der Waals surface area contributed by atoms with Crippen molar-refractivity contribution in [3.8, 4) is 0 Å². The van der Waals surface area contributed by atoms with E-state index < -0.39 is 5.41 Å². The Morgan fingerprint density at radius 3 is 2.42 bits per heavy atom. The molecule has 1 unspecified atom stereocenters. The van der Waals surface area contributed by atoms with Gasteiger partial charge in [-0.3, -0.25) is 4.79 Å². The lowest BCUT2D eigenvalue weighted by Gasteiger charge is -2.26. The second-order valence-electron chi connectivity index (χ2n) is 4.93. The van der Waals surface area contributed by atoms with Gasteiger partial charge in [0.1, 0.15) is 0 Å². The van der Waals surface area contributed by atoms with Crippen molar-refractivity contribution in [2.24, 2.45) is 5.41 Å². The van der Waals surface area contributed by atoms with E-state index in [-0.39, 0.29) is 12.6 Å². The minimum absolute atomic E-state index is 0.247. The molecule has 4 heteroatoms. The fourth-order valence-corrected chi connectivity index (χ4v) is 2.12. The van der Waals surface area contributed by atoms with Crippen LogP contribution >= 0.6 is 0 Å². The molecule has 1 aromatic carbocycles. The van der Waals surface area contributed by atoms with Crippen molar-refractivity contribution in [1.29, 1.82) is 5.41 Å². The molecule has 0 heterocycles. The zero-order chi connectivity index (χ0) is 14.3. The summed E-state index contributed by atoms with van der Waals surface area (Å²) in [6, 6.07) is 9.77. The van der Waals surface area contributed by atoms with Gasteiger partial charge in [-0.1, -0.05) is 30.3 Å². The van der Waals surface area contributed by atoms with E-state index in [2.05, 4.69) is 0 Å². The Balaban J connectivity index is 2.69. The quantitative estimate of drug-likeness (QED) is 0.607. The van der Waals surface area contributed by atoms with Crippen LogP contribution in [0.15, 0.2) is 30.3 Å². The van der Waals surface area contributed by atoms with Gasteiger partial charge < -0.3 is 14.9 Å². The van der Waals surface area contributed by atoms with Gasteiger partial charge in [-0.25, -0.2) is 0 Å². The Labute approximate surface area is 114 Å². The fraction of sp³-hybridized carbons (Fsp3) is 0.467. The molecule has 0 amide bonds. The zero-order valence-corrected chi connectivity index (χ0v) is 11.7. The summed E-state index contributed by atoms with van der Waals surface area (Å²) in [4.78, 5) is 11.8. The summed E-state index contributed by atoms with van der Waals surface area (Å²) in [5.74, 6) is -0.341. The Morgan fingerprint density at radius 2 is 1.89 bits per heavy atom. The summed E-state index contributed by atoms with van der Waals surface area (Å²) in [6.07, 6.45) is 0.875. The molecular weight excluding hydrogens is 242 g/mol. The second-order valence-corrected chi connectivity index (χ2v) is 4.93. The number of benzene rings is 1. The summed E-state index contributed by atoms with van der Waals surface area (Å²) in [6.45, 7) is 2.01. The van der Waals surface area contributed by atoms with E-state index in [0.717, 1.165) is 5.56 Å². The number of esters is 1. The Hall–Kier alpha value is -1.68. The Bertz CT molecular complexity index is 430. The van der Waals surface area contributed by atoms with Crippen LogP contribution in [0.2, 0.25) is 0 Å². The monoisotopic (exact) mass is 263 g/mol. The summed E-state index contributed by atoms with van der Waals surface area (Å²) in [7, 11) is 2.90. The molecule has 1 aromatic rings. The summed E-state index contributed by atoms with van der Waals surface area (Å²) < 4.78 is 9.89. The molecule has 0 aliphatic heterocycles. The molecule has 1 rings (SSSR count). The maximum atomic E-state index is 11.8. The van der Waals surface area contributed by atoms with Crippen LogP contribution in [0.3, 0.4) is 0 Å². The van der Waals surface area contributed by atoms with Crippen molar-refractivity contribution in [2.75, 3.05) is 20.8 Å². The molecule has 0 spiro atoms. The molecule has 0 radical (unpaired) electrons. The highest BCUT2D eigenvalue weighted by atomic mass is 16.5.